The fraction of sp³-hybridized carbons (Fsp3) is 0.500. The maximum Gasteiger partial charge on any atom is 0.233 e. The minimum Gasteiger partial charge on any atom is -0.492 e. The van der Waals surface area contributed by atoms with Gasteiger partial charge in [0.25, 0.3) is 0 Å². The van der Waals surface area contributed by atoms with Gasteiger partial charge in [-0.1, -0.05) is 37.6 Å². The second-order valence-electron chi connectivity index (χ2n) is 7.33. The third-order valence-electron chi connectivity index (χ3n) is 5.32. The van der Waals surface area contributed by atoms with Crippen molar-refractivity contribution in [1.82, 2.24) is 10.2 Å². The number of carbonyl (C=O) groups excluding carboxylic acids is 3. The van der Waals surface area contributed by atoms with E-state index in [0.717, 1.165) is 18.6 Å². The Labute approximate surface area is 165 Å². The van der Waals surface area contributed by atoms with Crippen LogP contribution in [0.3, 0.4) is 0 Å². The number of amides is 3. The summed E-state index contributed by atoms with van der Waals surface area (Å²) in [5.74, 6) is -0.159. The van der Waals surface area contributed by atoms with Gasteiger partial charge in [0.15, 0.2) is 0 Å². The van der Waals surface area contributed by atoms with Crippen LogP contribution in [0.2, 0.25) is 0 Å². The quantitative estimate of drug-likeness (QED) is 0.403. The zero-order valence-electron chi connectivity index (χ0n) is 16.4. The maximum absolute atomic E-state index is 12.4. The first-order valence-corrected chi connectivity index (χ1v) is 10.1. The van der Waals surface area contributed by atoms with Crippen molar-refractivity contribution in [3.8, 4) is 5.75 Å². The van der Waals surface area contributed by atoms with E-state index in [9.17, 15) is 14.4 Å². The molecule has 1 aromatic carbocycles. The third kappa shape index (κ3) is 4.80. The Hall–Kier alpha value is -2.63. The van der Waals surface area contributed by atoms with Crippen LogP contribution in [0.25, 0.3) is 0 Å². The van der Waals surface area contributed by atoms with Gasteiger partial charge in [-0.15, -0.1) is 0 Å². The predicted molar refractivity (Wildman–Crippen MR) is 106 cm³/mol. The number of ether oxygens (including phenoxy) is 1. The van der Waals surface area contributed by atoms with Crippen LogP contribution < -0.4 is 10.1 Å². The van der Waals surface area contributed by atoms with Gasteiger partial charge in [0.05, 0.1) is 18.4 Å². The summed E-state index contributed by atoms with van der Waals surface area (Å²) >= 11 is 0. The number of hydrogen-bond donors (Lipinski definition) is 1. The van der Waals surface area contributed by atoms with Crippen molar-refractivity contribution in [1.29, 1.82) is 0 Å². The SMILES string of the molecule is CCCc1ccc(OCCNC(=O)CCN2C(=O)[C@H]3CC=CC[C@H]3C2=O)cc1. The number of rotatable bonds is 9. The number of allylic oxidation sites excluding steroid dienone is 2. The van der Waals surface area contributed by atoms with E-state index >= 15 is 0 Å². The van der Waals surface area contributed by atoms with E-state index in [0.29, 0.717) is 26.0 Å². The van der Waals surface area contributed by atoms with Crippen molar-refractivity contribution in [3.05, 3.63) is 42.0 Å². The topological polar surface area (TPSA) is 75.7 Å². The first kappa shape index (κ1) is 20.1. The number of nitrogens with one attached hydrogen (secondary N) is 1. The zero-order valence-corrected chi connectivity index (χ0v) is 16.4. The minimum absolute atomic E-state index is 0.121. The Bertz CT molecular complexity index is 715. The van der Waals surface area contributed by atoms with Gasteiger partial charge in [-0.25, -0.2) is 0 Å². The second-order valence-corrected chi connectivity index (χ2v) is 7.33. The molecule has 0 unspecified atom stereocenters. The number of carbonyl (C=O) groups is 3. The number of imide groups is 1. The van der Waals surface area contributed by atoms with Crippen molar-refractivity contribution in [3.63, 3.8) is 0 Å². The Balaban J connectivity index is 1.35. The van der Waals surface area contributed by atoms with Crippen molar-refractivity contribution in [2.75, 3.05) is 19.7 Å². The van der Waals surface area contributed by atoms with Crippen LogP contribution in [0.4, 0.5) is 0 Å². The van der Waals surface area contributed by atoms with Gasteiger partial charge in [-0.2, -0.15) is 0 Å². The molecule has 150 valence electrons. The number of nitrogens with zero attached hydrogens (tertiary/aromatic N) is 1. The highest BCUT2D eigenvalue weighted by Gasteiger charge is 2.46. The summed E-state index contributed by atoms with van der Waals surface area (Å²) in [4.78, 5) is 38.0. The van der Waals surface area contributed by atoms with Crippen molar-refractivity contribution in [2.45, 2.75) is 39.0 Å². The maximum atomic E-state index is 12.4. The van der Waals surface area contributed by atoms with Gasteiger partial charge in [0.1, 0.15) is 12.4 Å². The molecule has 3 rings (SSSR count). The Morgan fingerprint density at radius 3 is 2.36 bits per heavy atom. The molecule has 1 N–H and O–H groups in total. The summed E-state index contributed by atoms with van der Waals surface area (Å²) in [5, 5.41) is 2.78. The van der Waals surface area contributed by atoms with Gasteiger partial charge in [0, 0.05) is 13.0 Å². The molecular formula is C22H28N2O4. The molecule has 1 fully saturated rings. The van der Waals surface area contributed by atoms with Gasteiger partial charge in [-0.05, 0) is 37.0 Å². The first-order valence-electron chi connectivity index (χ1n) is 10.1. The smallest absolute Gasteiger partial charge is 0.233 e. The lowest BCUT2D eigenvalue weighted by Crippen LogP contribution is -2.36. The highest BCUT2D eigenvalue weighted by molar-refractivity contribution is 6.05. The van der Waals surface area contributed by atoms with Crippen LogP contribution in [-0.2, 0) is 20.8 Å². The monoisotopic (exact) mass is 384 g/mol. The molecule has 0 bridgehead atoms. The first-order chi connectivity index (χ1) is 13.6. The predicted octanol–water partition coefficient (Wildman–Crippen LogP) is 2.48. The van der Waals surface area contributed by atoms with Gasteiger partial charge >= 0.3 is 0 Å². The highest BCUT2D eigenvalue weighted by Crippen LogP contribution is 2.34. The number of likely N-dealkylation sites (tertiary alicyclic amines) is 1. The van der Waals surface area contributed by atoms with Crippen LogP contribution in [0.1, 0.15) is 38.2 Å². The van der Waals surface area contributed by atoms with Crippen LogP contribution in [0, 0.1) is 11.8 Å². The molecule has 2 aliphatic rings. The molecule has 2 atom stereocenters. The van der Waals surface area contributed by atoms with E-state index < -0.39 is 0 Å². The molecule has 1 heterocycles. The molecule has 6 nitrogen and oxygen atoms in total. The second kappa shape index (κ2) is 9.53. The molecule has 0 radical (unpaired) electrons. The average Bonchev–Trinajstić information content (AvgIpc) is 2.96. The molecule has 1 aliphatic heterocycles. The van der Waals surface area contributed by atoms with Gasteiger partial charge in [-0.3, -0.25) is 19.3 Å². The zero-order chi connectivity index (χ0) is 19.9. The Kier molecular flexibility index (Phi) is 6.85. The summed E-state index contributed by atoms with van der Waals surface area (Å²) in [6.45, 7) is 3.05. The normalized spacial score (nSPS) is 21.0. The molecule has 0 saturated carbocycles. The van der Waals surface area contributed by atoms with Crippen molar-refractivity contribution < 1.29 is 19.1 Å². The third-order valence-corrected chi connectivity index (χ3v) is 5.32. The summed E-state index contributed by atoms with van der Waals surface area (Å²) in [6, 6.07) is 7.97. The number of hydrogen-bond acceptors (Lipinski definition) is 4. The molecule has 0 spiro atoms. The number of fused-ring (bicyclic) bond motifs is 1. The summed E-state index contributed by atoms with van der Waals surface area (Å²) in [6.07, 6.45) is 7.44. The van der Waals surface area contributed by atoms with Gasteiger partial charge in [0.2, 0.25) is 17.7 Å². The summed E-state index contributed by atoms with van der Waals surface area (Å²) < 4.78 is 5.63. The molecule has 1 aromatic rings. The lowest BCUT2D eigenvalue weighted by Gasteiger charge is -2.14. The molecule has 3 amide bonds. The van der Waals surface area contributed by atoms with E-state index in [1.807, 2.05) is 24.3 Å². The standard InChI is InChI=1S/C22H28N2O4/c1-2-5-16-8-10-17(11-9-16)28-15-13-23-20(25)12-14-24-21(26)18-6-3-4-7-19(18)22(24)27/h3-4,8-11,18-19H,2,5-7,12-15H2,1H3,(H,23,25)/t18-,19+. The van der Waals surface area contributed by atoms with Crippen LogP contribution >= 0.6 is 0 Å². The van der Waals surface area contributed by atoms with E-state index in [4.69, 9.17) is 4.74 Å². The molecule has 1 saturated heterocycles. The molecular weight excluding hydrogens is 356 g/mol. The Morgan fingerprint density at radius 2 is 1.75 bits per heavy atom. The summed E-state index contributed by atoms with van der Waals surface area (Å²) in [7, 11) is 0. The molecule has 0 aromatic heterocycles. The van der Waals surface area contributed by atoms with Crippen LogP contribution in [-0.4, -0.2) is 42.3 Å². The number of benzene rings is 1. The number of aryl methyl sites for hydroxylation is 1. The Morgan fingerprint density at radius 1 is 1.11 bits per heavy atom. The van der Waals surface area contributed by atoms with Crippen molar-refractivity contribution in [2.24, 2.45) is 11.8 Å². The van der Waals surface area contributed by atoms with E-state index in [-0.39, 0.29) is 42.5 Å². The van der Waals surface area contributed by atoms with Crippen LogP contribution in [0.5, 0.6) is 5.75 Å². The molecule has 28 heavy (non-hydrogen) atoms. The largest absolute Gasteiger partial charge is 0.492 e. The van der Waals surface area contributed by atoms with E-state index in [1.54, 1.807) is 0 Å². The summed E-state index contributed by atoms with van der Waals surface area (Å²) in [5.41, 5.74) is 1.28. The van der Waals surface area contributed by atoms with Crippen LogP contribution in [0.15, 0.2) is 36.4 Å². The van der Waals surface area contributed by atoms with Gasteiger partial charge < -0.3 is 10.1 Å². The minimum atomic E-state index is -0.238. The molecule has 6 heteroatoms. The van der Waals surface area contributed by atoms with Crippen molar-refractivity contribution >= 4 is 17.7 Å². The fourth-order valence-electron chi connectivity index (χ4n) is 3.79. The lowest BCUT2D eigenvalue weighted by atomic mass is 9.85. The lowest BCUT2D eigenvalue weighted by molar-refractivity contribution is -0.140. The van der Waals surface area contributed by atoms with E-state index in [2.05, 4.69) is 24.4 Å². The van der Waals surface area contributed by atoms with E-state index in [1.165, 1.54) is 10.5 Å². The average molecular weight is 384 g/mol. The molecule has 1 aliphatic carbocycles. The highest BCUT2D eigenvalue weighted by atomic mass is 16.5. The fourth-order valence-corrected chi connectivity index (χ4v) is 3.79.